The van der Waals surface area contributed by atoms with Crippen LogP contribution >= 0.6 is 11.6 Å². The van der Waals surface area contributed by atoms with E-state index in [2.05, 4.69) is 16.4 Å². The summed E-state index contributed by atoms with van der Waals surface area (Å²) in [5, 5.41) is 5.12. The zero-order chi connectivity index (χ0) is 12.4. The van der Waals surface area contributed by atoms with Crippen LogP contribution < -0.4 is 5.32 Å². The fourth-order valence-corrected chi connectivity index (χ4v) is 2.06. The van der Waals surface area contributed by atoms with Crippen molar-refractivity contribution >= 4 is 33.9 Å². The Morgan fingerprint density at radius 2 is 1.78 bits per heavy atom. The number of pyridine rings is 1. The lowest BCUT2D eigenvalue weighted by atomic mass is 10.2. The van der Waals surface area contributed by atoms with Crippen LogP contribution in [-0.4, -0.2) is 4.98 Å². The lowest BCUT2D eigenvalue weighted by Crippen LogP contribution is -1.91. The van der Waals surface area contributed by atoms with Crippen LogP contribution in [0.5, 0.6) is 0 Å². The Morgan fingerprint density at radius 1 is 0.889 bits per heavy atom. The van der Waals surface area contributed by atoms with Gasteiger partial charge in [0, 0.05) is 16.1 Å². The molecule has 2 aromatic carbocycles. The first-order valence-corrected chi connectivity index (χ1v) is 6.06. The first-order valence-electron chi connectivity index (χ1n) is 5.69. The van der Waals surface area contributed by atoms with E-state index in [-0.39, 0.29) is 0 Å². The predicted octanol–water partition coefficient (Wildman–Crippen LogP) is 4.63. The van der Waals surface area contributed by atoms with Gasteiger partial charge in [-0.25, -0.2) is 0 Å². The molecule has 0 spiro atoms. The molecule has 1 aromatic heterocycles. The molecule has 0 unspecified atom stereocenters. The fourth-order valence-electron chi connectivity index (χ4n) is 1.87. The number of benzene rings is 2. The quantitative estimate of drug-likeness (QED) is 0.721. The third-order valence-electron chi connectivity index (χ3n) is 2.70. The summed E-state index contributed by atoms with van der Waals surface area (Å²) >= 11 is 5.95. The number of rotatable bonds is 2. The second kappa shape index (κ2) is 4.67. The van der Waals surface area contributed by atoms with Crippen molar-refractivity contribution in [3.05, 3.63) is 65.8 Å². The summed E-state index contributed by atoms with van der Waals surface area (Å²) in [6.45, 7) is 0. The van der Waals surface area contributed by atoms with E-state index in [4.69, 9.17) is 11.6 Å². The summed E-state index contributed by atoms with van der Waals surface area (Å²) in [7, 11) is 0. The second-order valence-electron chi connectivity index (χ2n) is 4.05. The maximum absolute atomic E-state index is 5.95. The van der Waals surface area contributed by atoms with E-state index in [1.807, 2.05) is 54.7 Å². The third kappa shape index (κ3) is 2.29. The average molecular weight is 255 g/mol. The Bertz CT molecular complexity index is 695. The molecular weight excluding hydrogens is 244 g/mol. The molecule has 1 N–H and O–H groups in total. The van der Waals surface area contributed by atoms with Gasteiger partial charge in [0.1, 0.15) is 0 Å². The molecule has 0 aliphatic rings. The van der Waals surface area contributed by atoms with E-state index >= 15 is 0 Å². The molecule has 0 aliphatic heterocycles. The number of halogens is 1. The molecule has 1 heterocycles. The Hall–Kier alpha value is -2.06. The van der Waals surface area contributed by atoms with Crippen molar-refractivity contribution in [3.8, 4) is 0 Å². The molecule has 88 valence electrons. The molecule has 2 nitrogen and oxygen atoms in total. The van der Waals surface area contributed by atoms with Crippen molar-refractivity contribution < 1.29 is 0 Å². The minimum atomic E-state index is 0.716. The molecule has 3 rings (SSSR count). The molecule has 0 atom stereocenters. The van der Waals surface area contributed by atoms with Gasteiger partial charge < -0.3 is 5.32 Å². The molecule has 18 heavy (non-hydrogen) atoms. The Morgan fingerprint density at radius 3 is 2.67 bits per heavy atom. The van der Waals surface area contributed by atoms with E-state index in [0.717, 1.165) is 22.3 Å². The summed E-state index contributed by atoms with van der Waals surface area (Å²) in [6, 6.07) is 17.7. The van der Waals surface area contributed by atoms with Crippen LogP contribution in [0.1, 0.15) is 0 Å². The number of nitrogens with zero attached hydrogens (tertiary/aromatic N) is 1. The molecule has 0 radical (unpaired) electrons. The molecule has 0 amide bonds. The van der Waals surface area contributed by atoms with Gasteiger partial charge in [0.2, 0.25) is 0 Å². The first kappa shape index (κ1) is 11.1. The van der Waals surface area contributed by atoms with Crippen LogP contribution in [0.15, 0.2) is 60.8 Å². The molecule has 0 saturated carbocycles. The number of fused-ring (bicyclic) bond motifs is 1. The monoisotopic (exact) mass is 254 g/mol. The Kier molecular flexibility index (Phi) is 2.87. The highest BCUT2D eigenvalue weighted by Crippen LogP contribution is 2.22. The van der Waals surface area contributed by atoms with Crippen molar-refractivity contribution in [2.45, 2.75) is 0 Å². The van der Waals surface area contributed by atoms with Gasteiger partial charge in [0.15, 0.2) is 0 Å². The van der Waals surface area contributed by atoms with Crippen LogP contribution in [-0.2, 0) is 0 Å². The molecule has 0 fully saturated rings. The molecule has 0 aliphatic carbocycles. The fraction of sp³-hybridized carbons (Fsp3) is 0. The van der Waals surface area contributed by atoms with E-state index in [1.54, 1.807) is 0 Å². The lowest BCUT2D eigenvalue weighted by molar-refractivity contribution is 1.39. The second-order valence-corrected chi connectivity index (χ2v) is 4.49. The number of hydrogen-bond acceptors (Lipinski definition) is 2. The SMILES string of the molecule is Clc1cccc(Nc2cnc3ccccc3c2)c1. The molecule has 3 heteroatoms. The third-order valence-corrected chi connectivity index (χ3v) is 2.94. The maximum Gasteiger partial charge on any atom is 0.0703 e. The summed E-state index contributed by atoms with van der Waals surface area (Å²) in [6.07, 6.45) is 1.82. The molecular formula is C15H11ClN2. The number of hydrogen-bond donors (Lipinski definition) is 1. The smallest absolute Gasteiger partial charge is 0.0703 e. The maximum atomic E-state index is 5.95. The van der Waals surface area contributed by atoms with Crippen molar-refractivity contribution in [1.82, 2.24) is 4.98 Å². The van der Waals surface area contributed by atoms with Gasteiger partial charge >= 0.3 is 0 Å². The predicted molar refractivity (Wildman–Crippen MR) is 76.5 cm³/mol. The highest BCUT2D eigenvalue weighted by atomic mass is 35.5. The van der Waals surface area contributed by atoms with Crippen LogP contribution in [0, 0.1) is 0 Å². The average Bonchev–Trinajstić information content (AvgIpc) is 2.39. The van der Waals surface area contributed by atoms with Gasteiger partial charge in [-0.1, -0.05) is 35.9 Å². The Labute approximate surface area is 110 Å². The number of aromatic nitrogens is 1. The van der Waals surface area contributed by atoms with Gasteiger partial charge in [-0.2, -0.15) is 0 Å². The van der Waals surface area contributed by atoms with Gasteiger partial charge in [0.05, 0.1) is 17.4 Å². The summed E-state index contributed by atoms with van der Waals surface area (Å²) in [4.78, 5) is 4.40. The topological polar surface area (TPSA) is 24.9 Å². The van der Waals surface area contributed by atoms with E-state index in [1.165, 1.54) is 0 Å². The van der Waals surface area contributed by atoms with Crippen molar-refractivity contribution in [2.24, 2.45) is 0 Å². The number of nitrogens with one attached hydrogen (secondary N) is 1. The zero-order valence-electron chi connectivity index (χ0n) is 9.60. The lowest BCUT2D eigenvalue weighted by Gasteiger charge is -2.07. The minimum Gasteiger partial charge on any atom is -0.354 e. The highest BCUT2D eigenvalue weighted by Gasteiger charge is 1.98. The van der Waals surface area contributed by atoms with E-state index in [9.17, 15) is 0 Å². The van der Waals surface area contributed by atoms with Crippen LogP contribution in [0.4, 0.5) is 11.4 Å². The number of anilines is 2. The Balaban J connectivity index is 1.95. The standard InChI is InChI=1S/C15H11ClN2/c16-12-5-3-6-13(9-12)18-14-8-11-4-1-2-7-15(11)17-10-14/h1-10,18H. The van der Waals surface area contributed by atoms with Crippen molar-refractivity contribution in [2.75, 3.05) is 5.32 Å². The van der Waals surface area contributed by atoms with Gasteiger partial charge in [-0.3, -0.25) is 4.98 Å². The van der Waals surface area contributed by atoms with Crippen molar-refractivity contribution in [3.63, 3.8) is 0 Å². The minimum absolute atomic E-state index is 0.716. The van der Waals surface area contributed by atoms with Gasteiger partial charge in [-0.15, -0.1) is 0 Å². The molecule has 3 aromatic rings. The summed E-state index contributed by atoms with van der Waals surface area (Å²) in [5.41, 5.74) is 2.91. The first-order chi connectivity index (χ1) is 8.81. The summed E-state index contributed by atoms with van der Waals surface area (Å²) < 4.78 is 0. The van der Waals surface area contributed by atoms with Crippen LogP contribution in [0.25, 0.3) is 10.9 Å². The van der Waals surface area contributed by atoms with Gasteiger partial charge in [-0.05, 0) is 30.3 Å². The normalized spacial score (nSPS) is 10.5. The largest absolute Gasteiger partial charge is 0.354 e. The van der Waals surface area contributed by atoms with E-state index < -0.39 is 0 Å². The molecule has 0 saturated heterocycles. The van der Waals surface area contributed by atoms with Gasteiger partial charge in [0.25, 0.3) is 0 Å². The number of para-hydroxylation sites is 1. The van der Waals surface area contributed by atoms with Crippen LogP contribution in [0.2, 0.25) is 5.02 Å². The van der Waals surface area contributed by atoms with Crippen molar-refractivity contribution in [1.29, 1.82) is 0 Å². The highest BCUT2D eigenvalue weighted by molar-refractivity contribution is 6.30. The van der Waals surface area contributed by atoms with E-state index in [0.29, 0.717) is 5.02 Å². The summed E-state index contributed by atoms with van der Waals surface area (Å²) in [5.74, 6) is 0. The van der Waals surface area contributed by atoms with Crippen LogP contribution in [0.3, 0.4) is 0 Å². The molecule has 0 bridgehead atoms. The zero-order valence-corrected chi connectivity index (χ0v) is 10.4.